The van der Waals surface area contributed by atoms with Crippen molar-refractivity contribution in [3.8, 4) is 0 Å². The first-order valence-electron chi connectivity index (χ1n) is 6.46. The summed E-state index contributed by atoms with van der Waals surface area (Å²) in [4.78, 5) is 18.5. The predicted octanol–water partition coefficient (Wildman–Crippen LogP) is 1.74. The zero-order chi connectivity index (χ0) is 13.2. The summed E-state index contributed by atoms with van der Waals surface area (Å²) < 4.78 is 0. The summed E-state index contributed by atoms with van der Waals surface area (Å²) in [6.07, 6.45) is 2.72. The van der Waals surface area contributed by atoms with Gasteiger partial charge in [0.15, 0.2) is 0 Å². The number of carbonyl (C=O) groups excluding carboxylic acids is 1. The fraction of sp³-hybridized carbons (Fsp3) is 0.357. The van der Waals surface area contributed by atoms with Crippen LogP contribution in [0.25, 0.3) is 0 Å². The molecule has 1 atom stereocenters. The van der Waals surface area contributed by atoms with E-state index in [9.17, 15) is 4.79 Å². The van der Waals surface area contributed by atoms with E-state index >= 15 is 0 Å². The van der Waals surface area contributed by atoms with Crippen LogP contribution in [0.1, 0.15) is 34.2 Å². The number of hydrogen-bond acceptors (Lipinski definition) is 3. The Morgan fingerprint density at radius 2 is 2.32 bits per heavy atom. The number of aromatic amines is 1. The maximum absolute atomic E-state index is 12.4. The van der Waals surface area contributed by atoms with Crippen LogP contribution in [0.3, 0.4) is 0 Å². The molecule has 1 amide bonds. The van der Waals surface area contributed by atoms with Crippen LogP contribution >= 0.6 is 0 Å². The van der Waals surface area contributed by atoms with Gasteiger partial charge in [-0.25, -0.2) is 4.98 Å². The summed E-state index contributed by atoms with van der Waals surface area (Å²) in [5.41, 5.74) is 2.51. The predicted molar refractivity (Wildman–Crippen MR) is 70.8 cm³/mol. The second-order valence-corrected chi connectivity index (χ2v) is 4.91. The summed E-state index contributed by atoms with van der Waals surface area (Å²) in [6.45, 7) is 3.41. The van der Waals surface area contributed by atoms with Crippen molar-refractivity contribution in [2.45, 2.75) is 19.3 Å². The molecule has 0 spiro atoms. The molecule has 5 nitrogen and oxygen atoms in total. The number of aromatic nitrogens is 3. The third-order valence-electron chi connectivity index (χ3n) is 3.55. The molecule has 1 aliphatic heterocycles. The van der Waals surface area contributed by atoms with E-state index in [2.05, 4.69) is 15.2 Å². The molecule has 0 saturated carbocycles. The van der Waals surface area contributed by atoms with E-state index in [1.54, 1.807) is 12.3 Å². The average molecular weight is 256 g/mol. The Morgan fingerprint density at radius 3 is 3.05 bits per heavy atom. The molecule has 1 aliphatic rings. The van der Waals surface area contributed by atoms with Crippen LogP contribution in [0.5, 0.6) is 0 Å². The lowest BCUT2D eigenvalue weighted by atomic mass is 10.1. The zero-order valence-electron chi connectivity index (χ0n) is 10.8. The molecule has 1 fully saturated rings. The molecule has 2 aromatic rings. The minimum Gasteiger partial charge on any atom is -0.337 e. The van der Waals surface area contributed by atoms with Crippen LogP contribution in [0.4, 0.5) is 0 Å². The Labute approximate surface area is 111 Å². The van der Waals surface area contributed by atoms with Gasteiger partial charge in [-0.2, -0.15) is 5.10 Å². The van der Waals surface area contributed by atoms with E-state index in [4.69, 9.17) is 0 Å². The minimum absolute atomic E-state index is 0.0192. The Kier molecular flexibility index (Phi) is 3.03. The zero-order valence-corrected chi connectivity index (χ0v) is 10.8. The molecule has 1 N–H and O–H groups in total. The first-order chi connectivity index (χ1) is 9.24. The molecular formula is C14H16N4O. The number of hydrogen-bond donors (Lipinski definition) is 1. The van der Waals surface area contributed by atoms with E-state index in [1.165, 1.54) is 0 Å². The smallest absolute Gasteiger partial charge is 0.272 e. The fourth-order valence-corrected chi connectivity index (χ4v) is 2.52. The van der Waals surface area contributed by atoms with Crippen LogP contribution in [0.15, 0.2) is 30.5 Å². The monoisotopic (exact) mass is 256 g/mol. The van der Waals surface area contributed by atoms with Gasteiger partial charge in [-0.1, -0.05) is 6.07 Å². The highest BCUT2D eigenvalue weighted by atomic mass is 16.2. The molecule has 0 radical (unpaired) electrons. The highest BCUT2D eigenvalue weighted by Crippen LogP contribution is 2.26. The number of nitrogens with zero attached hydrogens (tertiary/aromatic N) is 3. The van der Waals surface area contributed by atoms with Gasteiger partial charge in [0.05, 0.1) is 0 Å². The van der Waals surface area contributed by atoms with Crippen molar-refractivity contribution in [3.63, 3.8) is 0 Å². The number of amides is 1. The topological polar surface area (TPSA) is 61.9 Å². The number of rotatable bonds is 2. The highest BCUT2D eigenvalue weighted by Gasteiger charge is 2.29. The van der Waals surface area contributed by atoms with Crippen molar-refractivity contribution in [1.82, 2.24) is 20.1 Å². The first-order valence-corrected chi connectivity index (χ1v) is 6.46. The number of H-pyrrole nitrogens is 1. The van der Waals surface area contributed by atoms with Gasteiger partial charge in [-0.15, -0.1) is 0 Å². The largest absolute Gasteiger partial charge is 0.337 e. The Morgan fingerprint density at radius 1 is 1.42 bits per heavy atom. The molecule has 0 bridgehead atoms. The molecule has 5 heteroatoms. The lowest BCUT2D eigenvalue weighted by Crippen LogP contribution is -2.29. The summed E-state index contributed by atoms with van der Waals surface area (Å²) in [6, 6.07) is 7.52. The quantitative estimate of drug-likeness (QED) is 0.890. The van der Waals surface area contributed by atoms with Gasteiger partial charge in [-0.05, 0) is 31.5 Å². The average Bonchev–Trinajstić information content (AvgIpc) is 3.08. The lowest BCUT2D eigenvalue weighted by molar-refractivity contribution is 0.0784. The Balaban J connectivity index is 1.73. The van der Waals surface area contributed by atoms with Crippen molar-refractivity contribution in [2.75, 3.05) is 13.1 Å². The van der Waals surface area contributed by atoms with Gasteiger partial charge in [0.25, 0.3) is 5.91 Å². The summed E-state index contributed by atoms with van der Waals surface area (Å²) in [7, 11) is 0. The van der Waals surface area contributed by atoms with E-state index in [-0.39, 0.29) is 5.91 Å². The van der Waals surface area contributed by atoms with Gasteiger partial charge in [-0.3, -0.25) is 9.89 Å². The van der Waals surface area contributed by atoms with E-state index in [0.717, 1.165) is 30.9 Å². The third kappa shape index (κ3) is 2.36. The van der Waals surface area contributed by atoms with Gasteiger partial charge >= 0.3 is 0 Å². The molecule has 1 unspecified atom stereocenters. The molecule has 0 aliphatic carbocycles. The van der Waals surface area contributed by atoms with Gasteiger partial charge in [0.2, 0.25) is 0 Å². The number of carbonyl (C=O) groups is 1. The Hall–Kier alpha value is -2.17. The van der Waals surface area contributed by atoms with Gasteiger partial charge < -0.3 is 4.90 Å². The second kappa shape index (κ2) is 4.84. The van der Waals surface area contributed by atoms with Crippen LogP contribution < -0.4 is 0 Å². The van der Waals surface area contributed by atoms with Crippen LogP contribution in [0.2, 0.25) is 0 Å². The van der Waals surface area contributed by atoms with Gasteiger partial charge in [0, 0.05) is 36.6 Å². The van der Waals surface area contributed by atoms with E-state index in [1.807, 2.05) is 30.0 Å². The molecule has 1 saturated heterocycles. The molecule has 3 heterocycles. The normalized spacial score (nSPS) is 18.8. The number of pyridine rings is 1. The minimum atomic E-state index is 0.0192. The van der Waals surface area contributed by atoms with E-state index < -0.39 is 0 Å². The molecule has 98 valence electrons. The maximum Gasteiger partial charge on any atom is 0.272 e. The van der Waals surface area contributed by atoms with Crippen molar-refractivity contribution in [2.24, 2.45) is 0 Å². The standard InChI is InChI=1S/C14H16N4O/c1-10-3-2-4-13(16-10)14(19)18-8-6-11(9-18)12-5-7-15-17-12/h2-5,7,11H,6,8-9H2,1H3,(H,15,17). The number of nitrogens with one attached hydrogen (secondary N) is 1. The third-order valence-corrected chi connectivity index (χ3v) is 3.55. The van der Waals surface area contributed by atoms with Crippen molar-refractivity contribution >= 4 is 5.91 Å². The van der Waals surface area contributed by atoms with Crippen molar-refractivity contribution < 1.29 is 4.79 Å². The Bertz CT molecular complexity index is 579. The second-order valence-electron chi connectivity index (χ2n) is 4.91. The maximum atomic E-state index is 12.4. The number of likely N-dealkylation sites (tertiary alicyclic amines) is 1. The number of aryl methyl sites for hydroxylation is 1. The molecule has 0 aromatic carbocycles. The highest BCUT2D eigenvalue weighted by molar-refractivity contribution is 5.92. The summed E-state index contributed by atoms with van der Waals surface area (Å²) in [5.74, 6) is 0.377. The lowest BCUT2D eigenvalue weighted by Gasteiger charge is -2.15. The van der Waals surface area contributed by atoms with Crippen molar-refractivity contribution in [1.29, 1.82) is 0 Å². The molecule has 3 rings (SSSR count). The molecule has 2 aromatic heterocycles. The summed E-state index contributed by atoms with van der Waals surface area (Å²) in [5, 5.41) is 6.95. The first kappa shape index (κ1) is 11.9. The SMILES string of the molecule is Cc1cccc(C(=O)N2CCC(c3ccn[nH]3)C2)n1. The van der Waals surface area contributed by atoms with Crippen LogP contribution in [0, 0.1) is 6.92 Å². The van der Waals surface area contributed by atoms with E-state index in [0.29, 0.717) is 11.6 Å². The van der Waals surface area contributed by atoms with Gasteiger partial charge in [0.1, 0.15) is 5.69 Å². The molecule has 19 heavy (non-hydrogen) atoms. The van der Waals surface area contributed by atoms with Crippen LogP contribution in [-0.2, 0) is 0 Å². The molecular weight excluding hydrogens is 240 g/mol. The van der Waals surface area contributed by atoms with Crippen molar-refractivity contribution in [3.05, 3.63) is 47.5 Å². The van der Waals surface area contributed by atoms with Crippen LogP contribution in [-0.4, -0.2) is 39.1 Å². The fourth-order valence-electron chi connectivity index (χ4n) is 2.52. The summed E-state index contributed by atoms with van der Waals surface area (Å²) >= 11 is 0.